The molecular weight excluding hydrogens is 310 g/mol. The normalized spacial score (nSPS) is 9.81. The molecule has 0 atom stereocenters. The maximum Gasteiger partial charge on any atom is 0.271 e. The largest absolute Gasteiger partial charge is 1.00 e. The van der Waals surface area contributed by atoms with Crippen LogP contribution in [0.2, 0.25) is 0 Å². The summed E-state index contributed by atoms with van der Waals surface area (Å²) >= 11 is 1.42. The minimum Gasteiger partial charge on any atom is -1.00 e. The van der Waals surface area contributed by atoms with Gasteiger partial charge in [0.05, 0.1) is 4.88 Å². The van der Waals surface area contributed by atoms with Crippen LogP contribution in [0.15, 0.2) is 35.8 Å². The first-order valence-electron chi connectivity index (χ1n) is 6.15. The second kappa shape index (κ2) is 7.87. The Labute approximate surface area is 133 Å². The van der Waals surface area contributed by atoms with Gasteiger partial charge in [0.2, 0.25) is 12.3 Å². The quantitative estimate of drug-likeness (QED) is 0.383. The molecule has 0 saturated carbocycles. The molecule has 2 rings (SSSR count). The molecule has 0 aromatic carbocycles. The van der Waals surface area contributed by atoms with Crippen LogP contribution in [0, 0.1) is 6.92 Å². The number of ketones is 1. The molecule has 0 radical (unpaired) electrons. The fourth-order valence-electron chi connectivity index (χ4n) is 1.78. The summed E-state index contributed by atoms with van der Waals surface area (Å²) in [6, 6.07) is 7.22. The van der Waals surface area contributed by atoms with E-state index in [1.165, 1.54) is 11.3 Å². The Bertz CT molecular complexity index is 629. The lowest BCUT2D eigenvalue weighted by molar-refractivity contribution is -0.689. The van der Waals surface area contributed by atoms with E-state index in [4.69, 9.17) is 0 Å². The number of hydrogen-bond acceptors (Lipinski definition) is 4. The molecule has 7 heteroatoms. The van der Waals surface area contributed by atoms with Gasteiger partial charge in [0.1, 0.15) is 5.56 Å². The van der Waals surface area contributed by atoms with E-state index in [-0.39, 0.29) is 30.6 Å². The van der Waals surface area contributed by atoms with Gasteiger partial charge in [-0.3, -0.25) is 15.0 Å². The van der Waals surface area contributed by atoms with Crippen molar-refractivity contribution in [3.8, 4) is 0 Å². The molecule has 2 aromatic rings. The number of amides is 1. The van der Waals surface area contributed by atoms with Crippen molar-refractivity contribution in [2.45, 2.75) is 13.5 Å². The minimum absolute atomic E-state index is 0. The Morgan fingerprint density at radius 2 is 2.05 bits per heavy atom. The van der Waals surface area contributed by atoms with Crippen molar-refractivity contribution in [1.29, 1.82) is 0 Å². The maximum absolute atomic E-state index is 12.1. The molecule has 2 N–H and O–H groups in total. The lowest BCUT2D eigenvalue weighted by Gasteiger charge is -2.04. The number of rotatable bonds is 5. The first kappa shape index (κ1) is 17.3. The van der Waals surface area contributed by atoms with Crippen molar-refractivity contribution in [1.82, 2.24) is 10.9 Å². The molecule has 1 amide bonds. The highest BCUT2D eigenvalue weighted by Crippen LogP contribution is 2.09. The maximum atomic E-state index is 12.1. The number of pyridine rings is 1. The van der Waals surface area contributed by atoms with Crippen molar-refractivity contribution >= 4 is 23.0 Å². The number of carbonyl (C=O) groups is 2. The van der Waals surface area contributed by atoms with E-state index in [1.54, 1.807) is 29.9 Å². The summed E-state index contributed by atoms with van der Waals surface area (Å²) in [7, 11) is 1.63. The molecule has 0 aliphatic carbocycles. The highest BCUT2D eigenvalue weighted by Gasteiger charge is 2.18. The number of halogens is 1. The highest BCUT2D eigenvalue weighted by atomic mass is 35.5. The Morgan fingerprint density at radius 3 is 2.67 bits per heavy atom. The zero-order chi connectivity index (χ0) is 14.5. The van der Waals surface area contributed by atoms with Crippen molar-refractivity contribution < 1.29 is 26.6 Å². The van der Waals surface area contributed by atoms with Crippen LogP contribution >= 0.6 is 11.3 Å². The molecule has 0 saturated heterocycles. The second-order valence-corrected chi connectivity index (χ2v) is 5.24. The van der Waals surface area contributed by atoms with E-state index in [1.807, 2.05) is 24.4 Å². The fourth-order valence-corrected chi connectivity index (χ4v) is 2.44. The smallest absolute Gasteiger partial charge is 0.271 e. The number of nitrogens with one attached hydrogen (secondary N) is 2. The van der Waals surface area contributed by atoms with Gasteiger partial charge in [-0.2, -0.15) is 4.57 Å². The number of hydrogen-bond donors (Lipinski definition) is 2. The van der Waals surface area contributed by atoms with E-state index in [0.29, 0.717) is 5.56 Å². The minimum atomic E-state index is -0.232. The first-order chi connectivity index (χ1) is 9.61. The number of thiophene rings is 1. The Balaban J connectivity index is 0.00000220. The van der Waals surface area contributed by atoms with Gasteiger partial charge in [-0.1, -0.05) is 6.07 Å². The molecule has 0 aliphatic heterocycles. The molecule has 21 heavy (non-hydrogen) atoms. The number of hydrazine groups is 1. The molecule has 2 aromatic heterocycles. The third-order valence-corrected chi connectivity index (χ3v) is 3.77. The molecule has 2 heterocycles. The topological polar surface area (TPSA) is 62.1 Å². The summed E-state index contributed by atoms with van der Waals surface area (Å²) in [5.74, 6) is -0.191. The summed E-state index contributed by atoms with van der Waals surface area (Å²) in [5.41, 5.74) is 6.52. The summed E-state index contributed by atoms with van der Waals surface area (Å²) in [4.78, 5) is 24.6. The second-order valence-electron chi connectivity index (χ2n) is 4.29. The van der Waals surface area contributed by atoms with Crippen LogP contribution in [0.3, 0.4) is 0 Å². The van der Waals surface area contributed by atoms with Gasteiger partial charge in [-0.05, 0) is 17.5 Å². The van der Waals surface area contributed by atoms with Gasteiger partial charge in [0.15, 0.2) is 11.9 Å². The molecule has 112 valence electrons. The van der Waals surface area contributed by atoms with E-state index >= 15 is 0 Å². The van der Waals surface area contributed by atoms with Crippen molar-refractivity contribution in [3.63, 3.8) is 0 Å². The standard InChI is InChI=1S/C14H15N3O2S.ClH/c1-10-5-6-11(14(19)16-15-2)8-17(10)9-12(18)13-4-3-7-20-13;/h3-8,15H,9H2,1-2H3;1H. The van der Waals surface area contributed by atoms with Gasteiger partial charge in [-0.25, -0.2) is 5.43 Å². The van der Waals surface area contributed by atoms with Crippen LogP contribution in [-0.2, 0) is 6.54 Å². The Hall–Kier alpha value is -1.76. The molecule has 0 fully saturated rings. The zero-order valence-electron chi connectivity index (χ0n) is 11.7. The average molecular weight is 326 g/mol. The van der Waals surface area contributed by atoms with Crippen molar-refractivity contribution in [3.05, 3.63) is 52.0 Å². The third-order valence-electron chi connectivity index (χ3n) is 2.86. The molecular formula is C14H16ClN3O2S. The van der Waals surface area contributed by atoms with Crippen molar-refractivity contribution in [2.75, 3.05) is 7.05 Å². The van der Waals surface area contributed by atoms with E-state index in [9.17, 15) is 9.59 Å². The van der Waals surface area contributed by atoms with Gasteiger partial charge in [0.25, 0.3) is 5.91 Å². The van der Waals surface area contributed by atoms with E-state index in [2.05, 4.69) is 10.9 Å². The van der Waals surface area contributed by atoms with Crippen LogP contribution in [0.4, 0.5) is 0 Å². The molecule has 0 unspecified atom stereocenters. The number of nitrogens with zero attached hydrogens (tertiary/aromatic N) is 1. The lowest BCUT2D eigenvalue weighted by Crippen LogP contribution is -3.00. The van der Waals surface area contributed by atoms with Gasteiger partial charge >= 0.3 is 0 Å². The molecule has 0 bridgehead atoms. The zero-order valence-corrected chi connectivity index (χ0v) is 13.3. The summed E-state index contributed by atoms with van der Waals surface area (Å²) in [5, 5.41) is 1.88. The van der Waals surface area contributed by atoms with Gasteiger partial charge < -0.3 is 12.4 Å². The van der Waals surface area contributed by atoms with Crippen LogP contribution < -0.4 is 27.8 Å². The predicted octanol–water partition coefficient (Wildman–Crippen LogP) is -1.90. The Morgan fingerprint density at radius 1 is 1.29 bits per heavy atom. The number of Topliss-reactive ketones (excluding diaryl/α,β-unsaturated/α-hetero) is 1. The fraction of sp³-hybridized carbons (Fsp3) is 0.214. The van der Waals surface area contributed by atoms with E-state index < -0.39 is 0 Å². The number of carbonyl (C=O) groups excluding carboxylic acids is 2. The third kappa shape index (κ3) is 4.35. The highest BCUT2D eigenvalue weighted by molar-refractivity contribution is 7.12. The molecule has 0 spiro atoms. The summed E-state index contributed by atoms with van der Waals surface area (Å²) in [6.07, 6.45) is 1.69. The number of aryl methyl sites for hydroxylation is 1. The van der Waals surface area contributed by atoms with Crippen LogP contribution in [0.25, 0.3) is 0 Å². The van der Waals surface area contributed by atoms with E-state index in [0.717, 1.165) is 10.6 Å². The van der Waals surface area contributed by atoms with Crippen LogP contribution in [-0.4, -0.2) is 18.7 Å². The molecule has 0 aliphatic rings. The average Bonchev–Trinajstić information content (AvgIpc) is 2.95. The van der Waals surface area contributed by atoms with Crippen LogP contribution in [0.1, 0.15) is 25.7 Å². The van der Waals surface area contributed by atoms with Crippen LogP contribution in [0.5, 0.6) is 0 Å². The summed E-state index contributed by atoms with van der Waals surface area (Å²) < 4.78 is 1.78. The summed E-state index contributed by atoms with van der Waals surface area (Å²) in [6.45, 7) is 2.13. The van der Waals surface area contributed by atoms with Crippen molar-refractivity contribution in [2.24, 2.45) is 0 Å². The Kier molecular flexibility index (Phi) is 6.48. The first-order valence-corrected chi connectivity index (χ1v) is 7.03. The number of aromatic nitrogens is 1. The monoisotopic (exact) mass is 325 g/mol. The SMILES string of the molecule is CNNC(=O)c1ccc(C)[n+](CC(=O)c2cccs2)c1.[Cl-]. The predicted molar refractivity (Wildman–Crippen MR) is 76.5 cm³/mol. The van der Waals surface area contributed by atoms with Gasteiger partial charge in [0, 0.05) is 20.0 Å². The lowest BCUT2D eigenvalue weighted by atomic mass is 10.2. The van der Waals surface area contributed by atoms with Gasteiger partial charge in [-0.15, -0.1) is 11.3 Å². The molecule has 5 nitrogen and oxygen atoms in total.